The maximum Gasteiger partial charge on any atom is 0.224 e. The molecule has 0 spiro atoms. The summed E-state index contributed by atoms with van der Waals surface area (Å²) in [5.74, 6) is 2.19. The molecule has 0 saturated heterocycles. The first-order valence-corrected chi connectivity index (χ1v) is 8.46. The molecule has 4 nitrogen and oxygen atoms in total. The molecule has 0 radical (unpaired) electrons. The van der Waals surface area contributed by atoms with E-state index in [1.165, 1.54) is 18.4 Å². The molecular formula is C19H26N4. The van der Waals surface area contributed by atoms with Crippen LogP contribution in [0.1, 0.15) is 57.7 Å². The lowest BCUT2D eigenvalue weighted by Gasteiger charge is -2.19. The first-order valence-electron chi connectivity index (χ1n) is 8.46. The maximum atomic E-state index is 4.61. The summed E-state index contributed by atoms with van der Waals surface area (Å²) in [7, 11) is 0. The lowest BCUT2D eigenvalue weighted by atomic mass is 9.87. The standard InChI is InChI=1S/C19H26N4/c1-5-20-18-22-16(13-6-7-13)12-17(23-18)21-15-10-8-14(9-11-15)19(2,3)4/h8-13H,5-7H2,1-4H3,(H2,20,21,22,23). The van der Waals surface area contributed by atoms with Gasteiger partial charge in [0.15, 0.2) is 0 Å². The van der Waals surface area contributed by atoms with Gasteiger partial charge in [-0.25, -0.2) is 4.98 Å². The van der Waals surface area contributed by atoms with Crippen LogP contribution in [0.4, 0.5) is 17.5 Å². The monoisotopic (exact) mass is 310 g/mol. The van der Waals surface area contributed by atoms with Crippen molar-refractivity contribution in [2.75, 3.05) is 17.2 Å². The van der Waals surface area contributed by atoms with Crippen molar-refractivity contribution in [1.29, 1.82) is 0 Å². The van der Waals surface area contributed by atoms with Crippen LogP contribution in [0.5, 0.6) is 0 Å². The fraction of sp³-hybridized carbons (Fsp3) is 0.474. The molecule has 1 heterocycles. The molecule has 1 aliphatic rings. The van der Waals surface area contributed by atoms with Crippen LogP contribution >= 0.6 is 0 Å². The molecule has 3 rings (SSSR count). The summed E-state index contributed by atoms with van der Waals surface area (Å²) >= 11 is 0. The number of hydrogen-bond donors (Lipinski definition) is 2. The van der Waals surface area contributed by atoms with Gasteiger partial charge in [-0.05, 0) is 42.9 Å². The molecule has 1 saturated carbocycles. The molecule has 1 aliphatic carbocycles. The number of nitrogens with zero attached hydrogens (tertiary/aromatic N) is 2. The van der Waals surface area contributed by atoms with Crippen LogP contribution in [-0.2, 0) is 5.41 Å². The van der Waals surface area contributed by atoms with Gasteiger partial charge in [0.25, 0.3) is 0 Å². The van der Waals surface area contributed by atoms with Crippen LogP contribution in [-0.4, -0.2) is 16.5 Å². The summed E-state index contributed by atoms with van der Waals surface area (Å²) in [6.07, 6.45) is 2.48. The second kappa shape index (κ2) is 6.19. The van der Waals surface area contributed by atoms with E-state index in [-0.39, 0.29) is 5.41 Å². The van der Waals surface area contributed by atoms with Gasteiger partial charge in [0.2, 0.25) is 5.95 Å². The fourth-order valence-corrected chi connectivity index (χ4v) is 2.56. The Morgan fingerprint density at radius 1 is 1.09 bits per heavy atom. The van der Waals surface area contributed by atoms with Crippen molar-refractivity contribution in [1.82, 2.24) is 9.97 Å². The Morgan fingerprint density at radius 3 is 2.35 bits per heavy atom. The lowest BCUT2D eigenvalue weighted by Crippen LogP contribution is -2.10. The van der Waals surface area contributed by atoms with Gasteiger partial charge in [-0.2, -0.15) is 4.98 Å². The molecular weight excluding hydrogens is 284 g/mol. The summed E-state index contributed by atoms with van der Waals surface area (Å²) in [6, 6.07) is 10.7. The third-order valence-corrected chi connectivity index (χ3v) is 4.10. The average Bonchev–Trinajstić information content (AvgIpc) is 3.31. The minimum absolute atomic E-state index is 0.171. The molecule has 2 N–H and O–H groups in total. The van der Waals surface area contributed by atoms with Gasteiger partial charge in [-0.15, -0.1) is 0 Å². The highest BCUT2D eigenvalue weighted by molar-refractivity contribution is 5.58. The van der Waals surface area contributed by atoms with E-state index in [1.807, 2.05) is 0 Å². The molecule has 23 heavy (non-hydrogen) atoms. The maximum absolute atomic E-state index is 4.61. The first kappa shape index (κ1) is 15.8. The highest BCUT2D eigenvalue weighted by atomic mass is 15.1. The van der Waals surface area contributed by atoms with Gasteiger partial charge in [0.05, 0.1) is 5.69 Å². The van der Waals surface area contributed by atoms with Crippen molar-refractivity contribution in [2.45, 2.75) is 51.9 Å². The topological polar surface area (TPSA) is 49.8 Å². The Hall–Kier alpha value is -2.10. The number of hydrogen-bond acceptors (Lipinski definition) is 4. The van der Waals surface area contributed by atoms with Crippen molar-refractivity contribution in [3.63, 3.8) is 0 Å². The summed E-state index contributed by atoms with van der Waals surface area (Å²) in [4.78, 5) is 9.18. The summed E-state index contributed by atoms with van der Waals surface area (Å²) < 4.78 is 0. The summed E-state index contributed by atoms with van der Waals surface area (Å²) in [5.41, 5.74) is 3.70. The van der Waals surface area contributed by atoms with Crippen LogP contribution in [0.2, 0.25) is 0 Å². The first-order chi connectivity index (χ1) is 11.0. The molecule has 0 unspecified atom stereocenters. The Bertz CT molecular complexity index is 667. The molecule has 0 bridgehead atoms. The lowest BCUT2D eigenvalue weighted by molar-refractivity contribution is 0.590. The predicted octanol–water partition coefficient (Wildman–Crippen LogP) is 4.83. The van der Waals surface area contributed by atoms with E-state index in [9.17, 15) is 0 Å². The second-order valence-corrected chi connectivity index (χ2v) is 7.26. The third-order valence-electron chi connectivity index (χ3n) is 4.10. The largest absolute Gasteiger partial charge is 0.354 e. The zero-order chi connectivity index (χ0) is 16.4. The number of rotatable bonds is 5. The SMILES string of the molecule is CCNc1nc(Nc2ccc(C(C)(C)C)cc2)cc(C2CC2)n1. The Morgan fingerprint density at radius 2 is 1.78 bits per heavy atom. The van der Waals surface area contributed by atoms with E-state index in [2.05, 4.69) is 78.6 Å². The van der Waals surface area contributed by atoms with Crippen molar-refractivity contribution in [3.8, 4) is 0 Å². The van der Waals surface area contributed by atoms with Gasteiger partial charge >= 0.3 is 0 Å². The highest BCUT2D eigenvalue weighted by Gasteiger charge is 2.26. The van der Waals surface area contributed by atoms with Gasteiger partial charge < -0.3 is 10.6 Å². The molecule has 1 aromatic carbocycles. The van der Waals surface area contributed by atoms with Crippen molar-refractivity contribution in [2.24, 2.45) is 0 Å². The molecule has 2 aromatic rings. The number of nitrogens with one attached hydrogen (secondary N) is 2. The smallest absolute Gasteiger partial charge is 0.224 e. The Kier molecular flexibility index (Phi) is 4.24. The molecule has 122 valence electrons. The van der Waals surface area contributed by atoms with Crippen LogP contribution < -0.4 is 10.6 Å². The summed E-state index contributed by atoms with van der Waals surface area (Å²) in [6.45, 7) is 9.57. The zero-order valence-electron chi connectivity index (χ0n) is 14.5. The molecule has 1 fully saturated rings. The van der Waals surface area contributed by atoms with Crippen molar-refractivity contribution >= 4 is 17.5 Å². The molecule has 0 amide bonds. The van der Waals surface area contributed by atoms with Crippen LogP contribution in [0, 0.1) is 0 Å². The number of aromatic nitrogens is 2. The van der Waals surface area contributed by atoms with E-state index in [4.69, 9.17) is 0 Å². The number of benzene rings is 1. The molecule has 0 aliphatic heterocycles. The highest BCUT2D eigenvalue weighted by Crippen LogP contribution is 2.40. The predicted molar refractivity (Wildman–Crippen MR) is 96.6 cm³/mol. The quantitative estimate of drug-likeness (QED) is 0.830. The third kappa shape index (κ3) is 4.01. The van der Waals surface area contributed by atoms with Crippen molar-refractivity contribution < 1.29 is 0 Å². The van der Waals surface area contributed by atoms with E-state index >= 15 is 0 Å². The normalized spacial score (nSPS) is 14.6. The van der Waals surface area contributed by atoms with E-state index in [0.29, 0.717) is 11.9 Å². The van der Waals surface area contributed by atoms with Gasteiger partial charge in [-0.3, -0.25) is 0 Å². The van der Waals surface area contributed by atoms with Gasteiger partial charge in [-0.1, -0.05) is 32.9 Å². The van der Waals surface area contributed by atoms with Crippen LogP contribution in [0.25, 0.3) is 0 Å². The van der Waals surface area contributed by atoms with E-state index < -0.39 is 0 Å². The molecule has 1 aromatic heterocycles. The zero-order valence-corrected chi connectivity index (χ0v) is 14.5. The molecule has 0 atom stereocenters. The van der Waals surface area contributed by atoms with Crippen LogP contribution in [0.15, 0.2) is 30.3 Å². The van der Waals surface area contributed by atoms with E-state index in [0.717, 1.165) is 23.7 Å². The average molecular weight is 310 g/mol. The fourth-order valence-electron chi connectivity index (χ4n) is 2.56. The minimum atomic E-state index is 0.171. The Labute approximate surface area is 138 Å². The summed E-state index contributed by atoms with van der Waals surface area (Å²) in [5, 5.41) is 6.64. The van der Waals surface area contributed by atoms with Gasteiger partial charge in [0, 0.05) is 24.2 Å². The Balaban J connectivity index is 1.81. The number of anilines is 3. The van der Waals surface area contributed by atoms with Crippen LogP contribution in [0.3, 0.4) is 0 Å². The van der Waals surface area contributed by atoms with Crippen molar-refractivity contribution in [3.05, 3.63) is 41.6 Å². The second-order valence-electron chi connectivity index (χ2n) is 7.26. The van der Waals surface area contributed by atoms with E-state index in [1.54, 1.807) is 0 Å². The molecule has 4 heteroatoms. The minimum Gasteiger partial charge on any atom is -0.354 e. The van der Waals surface area contributed by atoms with Gasteiger partial charge in [0.1, 0.15) is 5.82 Å².